The zero-order valence-electron chi connectivity index (χ0n) is 7.78. The lowest BCUT2D eigenvalue weighted by molar-refractivity contribution is 0.387. The third-order valence-electron chi connectivity index (χ3n) is 1.81. The molecule has 1 N–H and O–H groups in total. The molecule has 1 aromatic carbocycles. The number of para-hydroxylation sites is 1. The number of benzene rings is 1. The fourth-order valence-corrected chi connectivity index (χ4v) is 1.63. The van der Waals surface area contributed by atoms with E-state index in [4.69, 9.17) is 8.97 Å². The highest BCUT2D eigenvalue weighted by Crippen LogP contribution is 2.23. The molecular weight excluding hydrogens is 236 g/mol. The maximum Gasteiger partial charge on any atom is 0.446 e. The molecule has 0 unspecified atom stereocenters. The largest absolute Gasteiger partial charge is 0.446 e. The Hall–Kier alpha value is -1.86. The van der Waals surface area contributed by atoms with Gasteiger partial charge in [-0.1, -0.05) is 12.1 Å². The minimum atomic E-state index is -4.67. The molecule has 6 nitrogen and oxygen atoms in total. The molecule has 0 fully saturated rings. The van der Waals surface area contributed by atoms with Crippen LogP contribution in [0.4, 0.5) is 0 Å². The summed E-state index contributed by atoms with van der Waals surface area (Å²) in [5.41, 5.74) is -0.592. The summed E-state index contributed by atoms with van der Waals surface area (Å²) < 4.78 is 38.7. The molecule has 0 atom stereocenters. The summed E-state index contributed by atoms with van der Waals surface area (Å²) in [5.74, 6) is -0.269. The normalized spacial score (nSPS) is 11.6. The highest BCUT2D eigenvalue weighted by molar-refractivity contribution is 7.81. The second kappa shape index (κ2) is 3.62. The van der Waals surface area contributed by atoms with E-state index >= 15 is 0 Å². The highest BCUT2D eigenvalue weighted by Gasteiger charge is 2.12. The highest BCUT2D eigenvalue weighted by atomic mass is 32.3. The van der Waals surface area contributed by atoms with Crippen molar-refractivity contribution < 1.29 is 21.6 Å². The predicted molar refractivity (Wildman–Crippen MR) is 54.7 cm³/mol. The van der Waals surface area contributed by atoms with Gasteiger partial charge < -0.3 is 8.60 Å². The SMILES string of the molecule is O=c1cc(OS(=O)(=O)O)c2ccccc2o1. The van der Waals surface area contributed by atoms with Gasteiger partial charge in [0.05, 0.1) is 11.5 Å². The first-order chi connectivity index (χ1) is 7.46. The van der Waals surface area contributed by atoms with Gasteiger partial charge in [-0.3, -0.25) is 4.55 Å². The standard InChI is InChI=1S/C9H6O6S/c10-9-5-8(15-16(11,12)13)6-3-1-2-4-7(6)14-9/h1-5H,(H,11,12,13). The van der Waals surface area contributed by atoms with Gasteiger partial charge in [-0.25, -0.2) is 4.79 Å². The lowest BCUT2D eigenvalue weighted by atomic mass is 10.2. The molecule has 0 aliphatic rings. The van der Waals surface area contributed by atoms with Crippen LogP contribution >= 0.6 is 0 Å². The van der Waals surface area contributed by atoms with Gasteiger partial charge in [0.2, 0.25) is 0 Å². The number of rotatable bonds is 2. The molecular formula is C9H6O6S. The van der Waals surface area contributed by atoms with Crippen molar-refractivity contribution in [3.05, 3.63) is 40.8 Å². The molecule has 2 rings (SSSR count). The van der Waals surface area contributed by atoms with Crippen LogP contribution in [-0.2, 0) is 10.4 Å². The van der Waals surface area contributed by atoms with Crippen molar-refractivity contribution in [2.45, 2.75) is 0 Å². The van der Waals surface area contributed by atoms with Crippen LogP contribution in [-0.4, -0.2) is 13.0 Å². The third kappa shape index (κ3) is 2.20. The van der Waals surface area contributed by atoms with E-state index < -0.39 is 16.0 Å². The fourth-order valence-electron chi connectivity index (χ4n) is 1.26. The van der Waals surface area contributed by atoms with Gasteiger partial charge >= 0.3 is 16.0 Å². The van der Waals surface area contributed by atoms with E-state index in [2.05, 4.69) is 4.18 Å². The van der Waals surface area contributed by atoms with Gasteiger partial charge in [-0.15, -0.1) is 0 Å². The van der Waals surface area contributed by atoms with E-state index in [9.17, 15) is 13.2 Å². The van der Waals surface area contributed by atoms with Crippen molar-refractivity contribution in [2.75, 3.05) is 0 Å². The minimum absolute atomic E-state index is 0.175. The monoisotopic (exact) mass is 242 g/mol. The van der Waals surface area contributed by atoms with Crippen molar-refractivity contribution in [1.82, 2.24) is 0 Å². The number of fused-ring (bicyclic) bond motifs is 1. The van der Waals surface area contributed by atoms with Crippen LogP contribution in [0, 0.1) is 0 Å². The molecule has 84 valence electrons. The Morgan fingerprint density at radius 3 is 2.62 bits per heavy atom. The van der Waals surface area contributed by atoms with E-state index in [1.807, 2.05) is 0 Å². The van der Waals surface area contributed by atoms with Gasteiger partial charge in [0.15, 0.2) is 5.75 Å². The lowest BCUT2D eigenvalue weighted by Gasteiger charge is -2.03. The van der Waals surface area contributed by atoms with Gasteiger partial charge in [-0.2, -0.15) is 8.42 Å². The average molecular weight is 242 g/mol. The maximum absolute atomic E-state index is 11.1. The fraction of sp³-hybridized carbons (Fsp3) is 0. The summed E-state index contributed by atoms with van der Waals surface area (Å²) in [6, 6.07) is 7.05. The van der Waals surface area contributed by atoms with E-state index in [1.165, 1.54) is 12.1 Å². The molecule has 0 spiro atoms. The van der Waals surface area contributed by atoms with Crippen LogP contribution in [0.3, 0.4) is 0 Å². The molecule has 1 aromatic heterocycles. The van der Waals surface area contributed by atoms with Crippen LogP contribution in [0.5, 0.6) is 5.75 Å². The van der Waals surface area contributed by atoms with Gasteiger partial charge in [0.1, 0.15) is 5.58 Å². The minimum Gasteiger partial charge on any atom is -0.422 e. The summed E-state index contributed by atoms with van der Waals surface area (Å²) in [5, 5.41) is 0.278. The molecule has 0 saturated heterocycles. The van der Waals surface area contributed by atoms with Crippen molar-refractivity contribution in [3.63, 3.8) is 0 Å². The Balaban J connectivity index is 2.73. The van der Waals surface area contributed by atoms with E-state index in [0.717, 1.165) is 6.07 Å². The zero-order chi connectivity index (χ0) is 11.8. The van der Waals surface area contributed by atoms with Gasteiger partial charge in [0.25, 0.3) is 0 Å². The van der Waals surface area contributed by atoms with Crippen LogP contribution in [0.25, 0.3) is 11.0 Å². The first-order valence-corrected chi connectivity index (χ1v) is 5.52. The van der Waals surface area contributed by atoms with Crippen LogP contribution in [0.1, 0.15) is 0 Å². The molecule has 0 aliphatic heterocycles. The quantitative estimate of drug-likeness (QED) is 0.623. The summed E-state index contributed by atoms with van der Waals surface area (Å²) in [6.45, 7) is 0. The molecule has 0 radical (unpaired) electrons. The summed E-state index contributed by atoms with van der Waals surface area (Å²) in [7, 11) is -4.67. The van der Waals surface area contributed by atoms with Crippen molar-refractivity contribution >= 4 is 21.4 Å². The molecule has 0 saturated carbocycles. The Bertz CT molecular complexity index is 684. The number of hydrogen-bond acceptors (Lipinski definition) is 5. The Morgan fingerprint density at radius 1 is 1.25 bits per heavy atom. The van der Waals surface area contributed by atoms with Crippen molar-refractivity contribution in [2.24, 2.45) is 0 Å². The predicted octanol–water partition coefficient (Wildman–Crippen LogP) is 0.975. The Kier molecular flexibility index (Phi) is 2.41. The van der Waals surface area contributed by atoms with Crippen molar-refractivity contribution in [1.29, 1.82) is 0 Å². The summed E-state index contributed by atoms with van der Waals surface area (Å²) in [4.78, 5) is 11.1. The van der Waals surface area contributed by atoms with Gasteiger partial charge in [-0.05, 0) is 12.1 Å². The molecule has 1 heterocycles. The summed E-state index contributed by atoms with van der Waals surface area (Å²) >= 11 is 0. The zero-order valence-corrected chi connectivity index (χ0v) is 8.60. The molecule has 2 aromatic rings. The average Bonchev–Trinajstić information content (AvgIpc) is 2.14. The van der Waals surface area contributed by atoms with Crippen LogP contribution < -0.4 is 9.81 Å². The number of hydrogen-bond donors (Lipinski definition) is 1. The molecule has 16 heavy (non-hydrogen) atoms. The smallest absolute Gasteiger partial charge is 0.422 e. The van der Waals surface area contributed by atoms with Crippen LogP contribution in [0.15, 0.2) is 39.5 Å². The van der Waals surface area contributed by atoms with Crippen molar-refractivity contribution in [3.8, 4) is 5.75 Å². The second-order valence-electron chi connectivity index (χ2n) is 2.94. The van der Waals surface area contributed by atoms with E-state index in [-0.39, 0.29) is 16.7 Å². The first kappa shape index (κ1) is 10.7. The topological polar surface area (TPSA) is 93.8 Å². The first-order valence-electron chi connectivity index (χ1n) is 4.15. The lowest BCUT2D eigenvalue weighted by Crippen LogP contribution is -2.09. The van der Waals surface area contributed by atoms with E-state index in [0.29, 0.717) is 0 Å². The Labute approximate surface area is 90.0 Å². The molecule has 0 aliphatic carbocycles. The molecule has 0 bridgehead atoms. The van der Waals surface area contributed by atoms with Crippen LogP contribution in [0.2, 0.25) is 0 Å². The Morgan fingerprint density at radius 2 is 1.94 bits per heavy atom. The third-order valence-corrected chi connectivity index (χ3v) is 2.20. The van der Waals surface area contributed by atoms with Gasteiger partial charge in [0, 0.05) is 0 Å². The second-order valence-corrected chi connectivity index (χ2v) is 3.96. The molecule has 7 heteroatoms. The summed E-state index contributed by atoms with van der Waals surface area (Å²) in [6.07, 6.45) is 0. The van der Waals surface area contributed by atoms with E-state index in [1.54, 1.807) is 12.1 Å². The molecule has 0 amide bonds. The maximum atomic E-state index is 11.1.